The lowest BCUT2D eigenvalue weighted by atomic mass is 10.1. The summed E-state index contributed by atoms with van der Waals surface area (Å²) in [6.07, 6.45) is 0.799. The van der Waals surface area contributed by atoms with E-state index in [9.17, 15) is 4.79 Å². The molecule has 0 saturated carbocycles. The largest absolute Gasteiger partial charge is 0.382 e. The average molecular weight is 381 g/mol. The first-order valence-corrected chi connectivity index (χ1v) is 9.99. The van der Waals surface area contributed by atoms with Gasteiger partial charge in [0.1, 0.15) is 5.03 Å². The van der Waals surface area contributed by atoms with E-state index in [-0.39, 0.29) is 5.91 Å². The van der Waals surface area contributed by atoms with Gasteiger partial charge in [0.05, 0.1) is 11.1 Å². The fraction of sp³-hybridized carbons (Fsp3) is 0.273. The Morgan fingerprint density at radius 2 is 1.93 bits per heavy atom. The number of rotatable bonds is 8. The molecule has 1 heterocycles. The van der Waals surface area contributed by atoms with E-state index in [2.05, 4.69) is 36.5 Å². The van der Waals surface area contributed by atoms with Crippen LogP contribution in [0.25, 0.3) is 10.9 Å². The van der Waals surface area contributed by atoms with Crippen LogP contribution in [0.4, 0.5) is 0 Å². The van der Waals surface area contributed by atoms with E-state index >= 15 is 0 Å². The van der Waals surface area contributed by atoms with E-state index in [0.29, 0.717) is 25.3 Å². The van der Waals surface area contributed by atoms with Crippen LogP contribution in [0.1, 0.15) is 29.3 Å². The predicted octanol–water partition coefficient (Wildman–Crippen LogP) is 4.85. The standard InChI is InChI=1S/C22H24N2O2S/c1-3-26-14-6-13-23-22(25)19-15-21(24-20-8-5-4-7-18(19)20)27-17-11-9-16(2)10-12-17/h4-5,7-12,15H,3,6,13-14H2,1-2H3,(H,23,25). The zero-order valence-electron chi connectivity index (χ0n) is 15.7. The lowest BCUT2D eigenvalue weighted by molar-refractivity contribution is 0.0945. The summed E-state index contributed by atoms with van der Waals surface area (Å²) in [5.41, 5.74) is 2.71. The van der Waals surface area contributed by atoms with Crippen molar-refractivity contribution >= 4 is 28.6 Å². The molecule has 4 nitrogen and oxygen atoms in total. The van der Waals surface area contributed by atoms with Gasteiger partial charge in [0.25, 0.3) is 5.91 Å². The molecule has 0 saturated heterocycles. The highest BCUT2D eigenvalue weighted by molar-refractivity contribution is 7.99. The zero-order valence-corrected chi connectivity index (χ0v) is 16.5. The van der Waals surface area contributed by atoms with Gasteiger partial charge >= 0.3 is 0 Å². The van der Waals surface area contributed by atoms with Crippen molar-refractivity contribution in [2.24, 2.45) is 0 Å². The van der Waals surface area contributed by atoms with E-state index in [1.165, 1.54) is 5.56 Å². The number of fused-ring (bicyclic) bond motifs is 1. The van der Waals surface area contributed by atoms with E-state index in [1.54, 1.807) is 11.8 Å². The summed E-state index contributed by atoms with van der Waals surface area (Å²) in [5.74, 6) is -0.0733. The second-order valence-corrected chi connectivity index (χ2v) is 7.34. The molecule has 0 aliphatic heterocycles. The van der Waals surface area contributed by atoms with E-state index in [0.717, 1.165) is 27.2 Å². The summed E-state index contributed by atoms with van der Waals surface area (Å²) >= 11 is 1.57. The third-order valence-corrected chi connectivity index (χ3v) is 5.06. The topological polar surface area (TPSA) is 51.2 Å². The molecule has 140 valence electrons. The lowest BCUT2D eigenvalue weighted by Gasteiger charge is -2.10. The number of pyridine rings is 1. The van der Waals surface area contributed by atoms with Crippen LogP contribution >= 0.6 is 11.8 Å². The molecule has 0 fully saturated rings. The van der Waals surface area contributed by atoms with Crippen LogP contribution < -0.4 is 5.32 Å². The number of amides is 1. The van der Waals surface area contributed by atoms with E-state index in [4.69, 9.17) is 9.72 Å². The Morgan fingerprint density at radius 3 is 2.70 bits per heavy atom. The quantitative estimate of drug-likeness (QED) is 0.568. The van der Waals surface area contributed by atoms with Crippen LogP contribution in [-0.4, -0.2) is 30.6 Å². The molecule has 0 atom stereocenters. The van der Waals surface area contributed by atoms with Crippen molar-refractivity contribution < 1.29 is 9.53 Å². The summed E-state index contributed by atoms with van der Waals surface area (Å²) in [4.78, 5) is 18.6. The molecule has 0 aliphatic rings. The van der Waals surface area contributed by atoms with Crippen LogP contribution in [0.3, 0.4) is 0 Å². The first-order chi connectivity index (χ1) is 13.2. The summed E-state index contributed by atoms with van der Waals surface area (Å²) in [7, 11) is 0. The fourth-order valence-electron chi connectivity index (χ4n) is 2.73. The van der Waals surface area contributed by atoms with Crippen molar-refractivity contribution in [3.8, 4) is 0 Å². The third kappa shape index (κ3) is 5.31. The summed E-state index contributed by atoms with van der Waals surface area (Å²) in [6, 6.07) is 17.9. The maximum atomic E-state index is 12.8. The van der Waals surface area contributed by atoms with Gasteiger partial charge < -0.3 is 10.1 Å². The highest BCUT2D eigenvalue weighted by Crippen LogP contribution is 2.30. The first-order valence-electron chi connectivity index (χ1n) is 9.17. The highest BCUT2D eigenvalue weighted by atomic mass is 32.2. The summed E-state index contributed by atoms with van der Waals surface area (Å²) in [5, 5.41) is 4.68. The fourth-order valence-corrected chi connectivity index (χ4v) is 3.57. The number of hydrogen-bond donors (Lipinski definition) is 1. The third-order valence-electron chi connectivity index (χ3n) is 4.14. The van der Waals surface area contributed by atoms with Gasteiger partial charge in [-0.15, -0.1) is 0 Å². The zero-order chi connectivity index (χ0) is 19.1. The molecule has 0 aliphatic carbocycles. The van der Waals surface area contributed by atoms with Crippen LogP contribution in [0, 0.1) is 6.92 Å². The Labute approximate surface area is 164 Å². The molecule has 5 heteroatoms. The van der Waals surface area contributed by atoms with Crippen molar-refractivity contribution in [1.29, 1.82) is 0 Å². The SMILES string of the molecule is CCOCCCNC(=O)c1cc(Sc2ccc(C)cc2)nc2ccccc12. The van der Waals surface area contributed by atoms with E-state index in [1.807, 2.05) is 37.3 Å². The van der Waals surface area contributed by atoms with Gasteiger partial charge in [0, 0.05) is 30.0 Å². The van der Waals surface area contributed by atoms with Gasteiger partial charge in [0.2, 0.25) is 0 Å². The number of aryl methyl sites for hydroxylation is 1. The number of ether oxygens (including phenoxy) is 1. The second kappa shape index (κ2) is 9.53. The number of benzene rings is 2. The van der Waals surface area contributed by atoms with Gasteiger partial charge in [-0.3, -0.25) is 4.79 Å². The molecule has 3 aromatic rings. The van der Waals surface area contributed by atoms with Crippen molar-refractivity contribution in [2.75, 3.05) is 19.8 Å². The molecule has 1 N–H and O–H groups in total. The maximum absolute atomic E-state index is 12.8. The number of aromatic nitrogens is 1. The number of para-hydroxylation sites is 1. The van der Waals surface area contributed by atoms with Crippen molar-refractivity contribution in [1.82, 2.24) is 10.3 Å². The van der Waals surface area contributed by atoms with Crippen LogP contribution in [0.2, 0.25) is 0 Å². The average Bonchev–Trinajstić information content (AvgIpc) is 2.69. The number of carbonyl (C=O) groups is 1. The normalized spacial score (nSPS) is 10.9. The Balaban J connectivity index is 1.82. The molecule has 1 amide bonds. The summed E-state index contributed by atoms with van der Waals surface area (Å²) in [6.45, 7) is 5.98. The molecule has 0 bridgehead atoms. The molecular formula is C22H24N2O2S. The number of carbonyl (C=O) groups excluding carboxylic acids is 1. The Morgan fingerprint density at radius 1 is 1.15 bits per heavy atom. The Kier molecular flexibility index (Phi) is 6.85. The molecule has 1 aromatic heterocycles. The molecule has 27 heavy (non-hydrogen) atoms. The van der Waals surface area contributed by atoms with Crippen molar-refractivity contribution in [2.45, 2.75) is 30.2 Å². The molecule has 0 spiro atoms. The van der Waals surface area contributed by atoms with Gasteiger partial charge in [-0.25, -0.2) is 4.98 Å². The smallest absolute Gasteiger partial charge is 0.252 e. The second-order valence-electron chi connectivity index (χ2n) is 6.25. The molecule has 0 radical (unpaired) electrons. The van der Waals surface area contributed by atoms with Gasteiger partial charge in [-0.2, -0.15) is 0 Å². The number of hydrogen-bond acceptors (Lipinski definition) is 4. The highest BCUT2D eigenvalue weighted by Gasteiger charge is 2.13. The van der Waals surface area contributed by atoms with Crippen molar-refractivity contribution in [3.05, 3.63) is 65.7 Å². The van der Waals surface area contributed by atoms with E-state index < -0.39 is 0 Å². The Bertz CT molecular complexity index is 910. The van der Waals surface area contributed by atoms with Crippen LogP contribution in [0.5, 0.6) is 0 Å². The minimum Gasteiger partial charge on any atom is -0.382 e. The molecule has 2 aromatic carbocycles. The van der Waals surface area contributed by atoms with Crippen LogP contribution in [-0.2, 0) is 4.74 Å². The predicted molar refractivity (Wildman–Crippen MR) is 110 cm³/mol. The van der Waals surface area contributed by atoms with Crippen molar-refractivity contribution in [3.63, 3.8) is 0 Å². The molecular weight excluding hydrogens is 356 g/mol. The number of nitrogens with zero attached hydrogens (tertiary/aromatic N) is 1. The molecule has 3 rings (SSSR count). The molecule has 0 unspecified atom stereocenters. The lowest BCUT2D eigenvalue weighted by Crippen LogP contribution is -2.25. The number of nitrogens with one attached hydrogen (secondary N) is 1. The minimum atomic E-state index is -0.0733. The Hall–Kier alpha value is -2.37. The first kappa shape index (κ1) is 19.4. The van der Waals surface area contributed by atoms with Crippen LogP contribution in [0.15, 0.2) is 64.5 Å². The van der Waals surface area contributed by atoms with Gasteiger partial charge in [-0.1, -0.05) is 47.7 Å². The maximum Gasteiger partial charge on any atom is 0.252 e. The van der Waals surface area contributed by atoms with Gasteiger partial charge in [-0.05, 0) is 44.5 Å². The monoisotopic (exact) mass is 380 g/mol. The van der Waals surface area contributed by atoms with Gasteiger partial charge in [0.15, 0.2) is 0 Å². The minimum absolute atomic E-state index is 0.0733. The summed E-state index contributed by atoms with van der Waals surface area (Å²) < 4.78 is 5.32.